The number of carbonyl (C=O) groups excluding carboxylic acids is 2. The molecule has 2 N–H and O–H groups in total. The molecule has 1 heterocycles. The van der Waals surface area contributed by atoms with Gasteiger partial charge in [0, 0.05) is 19.3 Å². The molecule has 2 rings (SSSR count). The number of nitrogens with zero attached hydrogens (tertiary/aromatic N) is 1. The van der Waals surface area contributed by atoms with Crippen molar-refractivity contribution < 1.29 is 9.59 Å². The van der Waals surface area contributed by atoms with E-state index in [2.05, 4.69) is 16.7 Å². The molecule has 1 aliphatic rings. The van der Waals surface area contributed by atoms with E-state index < -0.39 is 6.04 Å². The van der Waals surface area contributed by atoms with Gasteiger partial charge in [0.2, 0.25) is 11.8 Å². The van der Waals surface area contributed by atoms with Crippen molar-refractivity contribution >= 4 is 17.5 Å². The van der Waals surface area contributed by atoms with E-state index in [1.165, 1.54) is 5.56 Å². The Morgan fingerprint density at radius 1 is 1.43 bits per heavy atom. The molecule has 1 aromatic rings. The number of para-hydroxylation sites is 1. The molecule has 0 bridgehead atoms. The number of hydrogen-bond acceptors (Lipinski definition) is 3. The molecule has 114 valence electrons. The lowest BCUT2D eigenvalue weighted by atomic mass is 9.97. The summed E-state index contributed by atoms with van der Waals surface area (Å²) in [5, 5.41) is 6.05. The quantitative estimate of drug-likeness (QED) is 0.880. The molecular formula is C16H23N3O2. The van der Waals surface area contributed by atoms with Crippen LogP contribution in [-0.2, 0) is 16.0 Å². The minimum atomic E-state index is -0.499. The SMILES string of the molecule is CCN(C)C(=O)C(C)NC(=O)C1CCc2ccccc2N1. The van der Waals surface area contributed by atoms with E-state index in [1.54, 1.807) is 18.9 Å². The van der Waals surface area contributed by atoms with Crippen LogP contribution in [0, 0.1) is 0 Å². The Balaban J connectivity index is 1.95. The maximum atomic E-state index is 12.3. The number of nitrogens with one attached hydrogen (secondary N) is 2. The summed E-state index contributed by atoms with van der Waals surface area (Å²) in [6.07, 6.45) is 1.62. The van der Waals surface area contributed by atoms with Crippen LogP contribution in [0.2, 0.25) is 0 Å². The Hall–Kier alpha value is -2.04. The molecule has 2 amide bonds. The maximum Gasteiger partial charge on any atom is 0.244 e. The summed E-state index contributed by atoms with van der Waals surface area (Å²) in [5.74, 6) is -0.183. The third-order valence-electron chi connectivity index (χ3n) is 3.95. The van der Waals surface area contributed by atoms with Gasteiger partial charge in [-0.25, -0.2) is 0 Å². The fraction of sp³-hybridized carbons (Fsp3) is 0.500. The normalized spacial score (nSPS) is 18.1. The summed E-state index contributed by atoms with van der Waals surface area (Å²) in [4.78, 5) is 25.9. The summed E-state index contributed by atoms with van der Waals surface area (Å²) in [6, 6.07) is 7.23. The first-order valence-corrected chi connectivity index (χ1v) is 7.42. The highest BCUT2D eigenvalue weighted by atomic mass is 16.2. The Labute approximate surface area is 125 Å². The third-order valence-corrected chi connectivity index (χ3v) is 3.95. The molecule has 5 heteroatoms. The number of fused-ring (bicyclic) bond motifs is 1. The van der Waals surface area contributed by atoms with Crippen molar-refractivity contribution in [3.63, 3.8) is 0 Å². The second kappa shape index (κ2) is 6.61. The largest absolute Gasteiger partial charge is 0.373 e. The number of likely N-dealkylation sites (N-methyl/N-ethyl adjacent to an activating group) is 1. The lowest BCUT2D eigenvalue weighted by Crippen LogP contribution is -2.50. The third kappa shape index (κ3) is 3.54. The predicted molar refractivity (Wildman–Crippen MR) is 83.1 cm³/mol. The summed E-state index contributed by atoms with van der Waals surface area (Å²) < 4.78 is 0. The molecule has 0 saturated carbocycles. The minimum absolute atomic E-state index is 0.0675. The Morgan fingerprint density at radius 2 is 2.14 bits per heavy atom. The first-order chi connectivity index (χ1) is 10.0. The van der Waals surface area contributed by atoms with Crippen LogP contribution in [0.3, 0.4) is 0 Å². The zero-order valence-electron chi connectivity index (χ0n) is 12.8. The van der Waals surface area contributed by atoms with E-state index in [0.717, 1.165) is 18.5 Å². The number of rotatable bonds is 4. The highest BCUT2D eigenvalue weighted by Crippen LogP contribution is 2.24. The molecular weight excluding hydrogens is 266 g/mol. The molecule has 2 unspecified atom stereocenters. The molecule has 1 aromatic carbocycles. The van der Waals surface area contributed by atoms with Gasteiger partial charge in [-0.15, -0.1) is 0 Å². The molecule has 1 aliphatic heterocycles. The Morgan fingerprint density at radius 3 is 2.86 bits per heavy atom. The number of amides is 2. The standard InChI is InChI=1S/C16H23N3O2/c1-4-19(3)16(21)11(2)17-15(20)14-10-9-12-7-5-6-8-13(12)18-14/h5-8,11,14,18H,4,9-10H2,1-3H3,(H,17,20). The van der Waals surface area contributed by atoms with Crippen molar-refractivity contribution in [2.24, 2.45) is 0 Å². The highest BCUT2D eigenvalue weighted by Gasteiger charge is 2.26. The van der Waals surface area contributed by atoms with Crippen LogP contribution in [0.1, 0.15) is 25.8 Å². The van der Waals surface area contributed by atoms with Crippen LogP contribution in [0.5, 0.6) is 0 Å². The molecule has 0 fully saturated rings. The van der Waals surface area contributed by atoms with Crippen LogP contribution in [-0.4, -0.2) is 42.4 Å². The topological polar surface area (TPSA) is 61.4 Å². The van der Waals surface area contributed by atoms with Gasteiger partial charge < -0.3 is 15.5 Å². The van der Waals surface area contributed by atoms with Gasteiger partial charge in [0.25, 0.3) is 0 Å². The second-order valence-corrected chi connectivity index (χ2v) is 5.48. The summed E-state index contributed by atoms with van der Waals surface area (Å²) in [7, 11) is 1.74. The van der Waals surface area contributed by atoms with Crippen molar-refractivity contribution in [1.82, 2.24) is 10.2 Å². The van der Waals surface area contributed by atoms with E-state index in [4.69, 9.17) is 0 Å². The van der Waals surface area contributed by atoms with Gasteiger partial charge in [0.1, 0.15) is 12.1 Å². The monoisotopic (exact) mass is 289 g/mol. The van der Waals surface area contributed by atoms with Gasteiger partial charge in [0.15, 0.2) is 0 Å². The van der Waals surface area contributed by atoms with Gasteiger partial charge >= 0.3 is 0 Å². The van der Waals surface area contributed by atoms with E-state index >= 15 is 0 Å². The maximum absolute atomic E-state index is 12.3. The van der Waals surface area contributed by atoms with Crippen molar-refractivity contribution in [1.29, 1.82) is 0 Å². The lowest BCUT2D eigenvalue weighted by molar-refractivity contribution is -0.135. The van der Waals surface area contributed by atoms with Crippen LogP contribution in [0.25, 0.3) is 0 Å². The number of hydrogen-bond donors (Lipinski definition) is 2. The van der Waals surface area contributed by atoms with Crippen molar-refractivity contribution in [2.45, 2.75) is 38.8 Å². The van der Waals surface area contributed by atoms with Gasteiger partial charge in [-0.3, -0.25) is 9.59 Å². The molecule has 0 spiro atoms. The number of carbonyl (C=O) groups is 2. The lowest BCUT2D eigenvalue weighted by Gasteiger charge is -2.28. The van der Waals surface area contributed by atoms with E-state index in [-0.39, 0.29) is 17.9 Å². The van der Waals surface area contributed by atoms with Crippen LogP contribution < -0.4 is 10.6 Å². The zero-order valence-corrected chi connectivity index (χ0v) is 12.8. The van der Waals surface area contributed by atoms with E-state index in [9.17, 15) is 9.59 Å². The zero-order chi connectivity index (χ0) is 15.4. The second-order valence-electron chi connectivity index (χ2n) is 5.48. The number of anilines is 1. The van der Waals surface area contributed by atoms with Gasteiger partial charge in [0.05, 0.1) is 0 Å². The fourth-order valence-corrected chi connectivity index (χ4v) is 2.50. The van der Waals surface area contributed by atoms with Crippen molar-refractivity contribution in [2.75, 3.05) is 18.9 Å². The molecule has 0 saturated heterocycles. The average molecular weight is 289 g/mol. The van der Waals surface area contributed by atoms with Gasteiger partial charge in [-0.2, -0.15) is 0 Å². The summed E-state index contributed by atoms with van der Waals surface area (Å²) in [5.41, 5.74) is 2.24. The molecule has 0 aliphatic carbocycles. The first-order valence-electron chi connectivity index (χ1n) is 7.42. The molecule has 0 aromatic heterocycles. The number of benzene rings is 1. The molecule has 2 atom stereocenters. The average Bonchev–Trinajstić information content (AvgIpc) is 2.52. The minimum Gasteiger partial charge on any atom is -0.373 e. The van der Waals surface area contributed by atoms with Crippen molar-refractivity contribution in [3.8, 4) is 0 Å². The molecule has 0 radical (unpaired) electrons. The molecule has 21 heavy (non-hydrogen) atoms. The fourth-order valence-electron chi connectivity index (χ4n) is 2.50. The van der Waals surface area contributed by atoms with Crippen LogP contribution >= 0.6 is 0 Å². The van der Waals surface area contributed by atoms with Crippen LogP contribution in [0.4, 0.5) is 5.69 Å². The van der Waals surface area contributed by atoms with Gasteiger partial charge in [-0.1, -0.05) is 18.2 Å². The number of aryl methyl sites for hydroxylation is 1. The smallest absolute Gasteiger partial charge is 0.244 e. The summed E-state index contributed by atoms with van der Waals surface area (Å²) in [6.45, 7) is 4.27. The van der Waals surface area contributed by atoms with Crippen molar-refractivity contribution in [3.05, 3.63) is 29.8 Å². The van der Waals surface area contributed by atoms with E-state index in [0.29, 0.717) is 6.54 Å². The first kappa shape index (κ1) is 15.4. The Bertz CT molecular complexity index is 530. The highest BCUT2D eigenvalue weighted by molar-refractivity contribution is 5.91. The van der Waals surface area contributed by atoms with Crippen LogP contribution in [0.15, 0.2) is 24.3 Å². The molecule has 5 nitrogen and oxygen atoms in total. The van der Waals surface area contributed by atoms with E-state index in [1.807, 2.05) is 25.1 Å². The Kier molecular flexibility index (Phi) is 4.83. The summed E-state index contributed by atoms with van der Waals surface area (Å²) >= 11 is 0. The van der Waals surface area contributed by atoms with Gasteiger partial charge in [-0.05, 0) is 38.3 Å². The predicted octanol–water partition coefficient (Wildman–Crippen LogP) is 1.40.